The van der Waals surface area contributed by atoms with E-state index in [0.29, 0.717) is 0 Å². The zero-order chi connectivity index (χ0) is 6.41. The lowest BCUT2D eigenvalue weighted by Crippen LogP contribution is -1.84. The van der Waals surface area contributed by atoms with Crippen LogP contribution in [-0.2, 0) is 4.79 Å². The first-order chi connectivity index (χ1) is 3.77. The summed E-state index contributed by atoms with van der Waals surface area (Å²) in [5.74, 6) is -1.01. The summed E-state index contributed by atoms with van der Waals surface area (Å²) < 4.78 is 0. The fraction of sp³-hybridized carbons (Fsp3) is 0.200. The number of rotatable bonds is 2. The lowest BCUT2D eigenvalue weighted by Gasteiger charge is -1.72. The van der Waals surface area contributed by atoms with Gasteiger partial charge in [-0.05, 0) is 0 Å². The van der Waals surface area contributed by atoms with Crippen LogP contribution in [-0.4, -0.2) is 11.1 Å². The first-order valence-electron chi connectivity index (χ1n) is 2.04. The van der Waals surface area contributed by atoms with Crippen LogP contribution in [0.5, 0.6) is 0 Å². The minimum atomic E-state index is -1.01. The smallest absolute Gasteiger partial charge is 0.328 e. The molecule has 0 aliphatic rings. The summed E-state index contributed by atoms with van der Waals surface area (Å²) in [6.07, 6.45) is 2.40. The number of allylic oxidation sites excluding steroid dienone is 1. The van der Waals surface area contributed by atoms with Gasteiger partial charge in [0.25, 0.3) is 0 Å². The molecule has 0 aromatic rings. The minimum Gasteiger partial charge on any atom is -0.478 e. The first-order valence-corrected chi connectivity index (χ1v) is 2.04. The summed E-state index contributed by atoms with van der Waals surface area (Å²) in [7, 11) is 0. The molecule has 0 aromatic carbocycles. The average Bonchev–Trinajstić information content (AvgIpc) is 1.66. The van der Waals surface area contributed by atoms with E-state index >= 15 is 0 Å². The molecular formula is C5H5NO2. The highest BCUT2D eigenvalue weighted by Crippen LogP contribution is 1.77. The van der Waals surface area contributed by atoms with Crippen LogP contribution in [0.4, 0.5) is 0 Å². The summed E-state index contributed by atoms with van der Waals surface area (Å²) in [6.45, 7) is 0. The fourth-order valence-electron chi connectivity index (χ4n) is 0.212. The Bertz CT molecular complexity index is 143. The molecule has 0 heterocycles. The standard InChI is InChI=1S/C5H5NO2/c6-4-2-1-3-5(7)8/h1,3H,2H2,(H,7,8)/b3-1+. The van der Waals surface area contributed by atoms with E-state index in [2.05, 4.69) is 0 Å². The maximum absolute atomic E-state index is 9.68. The van der Waals surface area contributed by atoms with Gasteiger partial charge in [-0.15, -0.1) is 0 Å². The van der Waals surface area contributed by atoms with E-state index in [0.717, 1.165) is 6.08 Å². The summed E-state index contributed by atoms with van der Waals surface area (Å²) in [5, 5.41) is 15.8. The normalized spacial score (nSPS) is 8.88. The molecule has 8 heavy (non-hydrogen) atoms. The predicted molar refractivity (Wildman–Crippen MR) is 27.0 cm³/mol. The Morgan fingerprint density at radius 2 is 2.50 bits per heavy atom. The Hall–Kier alpha value is -1.30. The molecule has 0 unspecified atom stereocenters. The molecular weight excluding hydrogens is 106 g/mol. The lowest BCUT2D eigenvalue weighted by molar-refractivity contribution is -0.131. The van der Waals surface area contributed by atoms with Crippen LogP contribution >= 0.6 is 0 Å². The quantitative estimate of drug-likeness (QED) is 0.529. The highest BCUT2D eigenvalue weighted by atomic mass is 16.4. The zero-order valence-corrected chi connectivity index (χ0v) is 4.16. The Morgan fingerprint density at radius 1 is 1.88 bits per heavy atom. The molecule has 0 aliphatic heterocycles. The molecule has 0 saturated heterocycles. The highest BCUT2D eigenvalue weighted by molar-refractivity contribution is 5.79. The summed E-state index contributed by atoms with van der Waals surface area (Å²) in [4.78, 5) is 9.68. The van der Waals surface area contributed by atoms with Crippen LogP contribution in [0.2, 0.25) is 0 Å². The van der Waals surface area contributed by atoms with Gasteiger partial charge >= 0.3 is 5.97 Å². The van der Waals surface area contributed by atoms with Crippen molar-refractivity contribution in [1.29, 1.82) is 5.26 Å². The van der Waals surface area contributed by atoms with Crippen molar-refractivity contribution >= 4 is 5.97 Å². The molecule has 1 N–H and O–H groups in total. The van der Waals surface area contributed by atoms with E-state index in [1.54, 1.807) is 6.07 Å². The summed E-state index contributed by atoms with van der Waals surface area (Å²) in [5.41, 5.74) is 0. The van der Waals surface area contributed by atoms with E-state index in [1.807, 2.05) is 0 Å². The van der Waals surface area contributed by atoms with Gasteiger partial charge in [-0.1, -0.05) is 6.08 Å². The molecule has 0 fully saturated rings. The third-order valence-electron chi connectivity index (χ3n) is 0.470. The topological polar surface area (TPSA) is 61.1 Å². The average molecular weight is 111 g/mol. The molecule has 0 atom stereocenters. The van der Waals surface area contributed by atoms with E-state index in [9.17, 15) is 4.79 Å². The predicted octanol–water partition coefficient (Wildman–Crippen LogP) is 0.541. The van der Waals surface area contributed by atoms with Gasteiger partial charge in [0.05, 0.1) is 12.5 Å². The van der Waals surface area contributed by atoms with Gasteiger partial charge in [0.1, 0.15) is 0 Å². The van der Waals surface area contributed by atoms with E-state index in [4.69, 9.17) is 10.4 Å². The van der Waals surface area contributed by atoms with Crippen LogP contribution in [0.1, 0.15) is 6.42 Å². The van der Waals surface area contributed by atoms with Crippen molar-refractivity contribution in [1.82, 2.24) is 0 Å². The fourth-order valence-corrected chi connectivity index (χ4v) is 0.212. The van der Waals surface area contributed by atoms with Crippen molar-refractivity contribution < 1.29 is 9.90 Å². The van der Waals surface area contributed by atoms with Gasteiger partial charge < -0.3 is 5.11 Å². The van der Waals surface area contributed by atoms with Gasteiger partial charge in [0.2, 0.25) is 0 Å². The minimum absolute atomic E-state index is 0.159. The largest absolute Gasteiger partial charge is 0.478 e. The molecule has 0 saturated carbocycles. The molecule has 0 rings (SSSR count). The molecule has 0 radical (unpaired) electrons. The van der Waals surface area contributed by atoms with E-state index in [-0.39, 0.29) is 6.42 Å². The third kappa shape index (κ3) is 4.70. The van der Waals surface area contributed by atoms with Gasteiger partial charge in [0, 0.05) is 6.08 Å². The number of nitriles is 1. The van der Waals surface area contributed by atoms with Crippen molar-refractivity contribution in [2.75, 3.05) is 0 Å². The molecule has 42 valence electrons. The number of carboxylic acids is 1. The van der Waals surface area contributed by atoms with Crippen molar-refractivity contribution in [3.8, 4) is 6.07 Å². The maximum Gasteiger partial charge on any atom is 0.328 e. The number of aliphatic carboxylic acids is 1. The molecule has 0 aliphatic carbocycles. The molecule has 0 spiro atoms. The van der Waals surface area contributed by atoms with Gasteiger partial charge in [-0.3, -0.25) is 0 Å². The Balaban J connectivity index is 3.38. The Morgan fingerprint density at radius 3 is 2.88 bits per heavy atom. The number of nitrogens with zero attached hydrogens (tertiary/aromatic N) is 1. The zero-order valence-electron chi connectivity index (χ0n) is 4.16. The molecule has 0 bridgehead atoms. The molecule has 3 nitrogen and oxygen atoms in total. The monoisotopic (exact) mass is 111 g/mol. The van der Waals surface area contributed by atoms with Crippen LogP contribution in [0.25, 0.3) is 0 Å². The second-order valence-corrected chi connectivity index (χ2v) is 1.10. The van der Waals surface area contributed by atoms with Crippen molar-refractivity contribution in [3.05, 3.63) is 12.2 Å². The number of hydrogen-bond acceptors (Lipinski definition) is 2. The van der Waals surface area contributed by atoms with E-state index < -0.39 is 5.97 Å². The van der Waals surface area contributed by atoms with Gasteiger partial charge in [-0.2, -0.15) is 5.26 Å². The molecule has 0 amide bonds. The Kier molecular flexibility index (Phi) is 3.25. The first kappa shape index (κ1) is 6.70. The number of carboxylic acid groups (broad SMARTS) is 1. The summed E-state index contributed by atoms with van der Waals surface area (Å²) in [6, 6.07) is 1.77. The number of hydrogen-bond donors (Lipinski definition) is 1. The maximum atomic E-state index is 9.68. The SMILES string of the molecule is N#CC/C=C/C(=O)O. The van der Waals surface area contributed by atoms with Crippen molar-refractivity contribution in [2.45, 2.75) is 6.42 Å². The van der Waals surface area contributed by atoms with Crippen LogP contribution in [0.15, 0.2) is 12.2 Å². The molecule has 0 aromatic heterocycles. The van der Waals surface area contributed by atoms with Crippen LogP contribution in [0.3, 0.4) is 0 Å². The highest BCUT2D eigenvalue weighted by Gasteiger charge is 1.81. The second kappa shape index (κ2) is 3.88. The van der Waals surface area contributed by atoms with Gasteiger partial charge in [0.15, 0.2) is 0 Å². The second-order valence-electron chi connectivity index (χ2n) is 1.10. The molecule has 3 heteroatoms. The van der Waals surface area contributed by atoms with Crippen molar-refractivity contribution in [2.24, 2.45) is 0 Å². The van der Waals surface area contributed by atoms with Gasteiger partial charge in [-0.25, -0.2) is 4.79 Å². The van der Waals surface area contributed by atoms with Crippen LogP contribution in [0, 0.1) is 11.3 Å². The number of carbonyl (C=O) groups is 1. The summed E-state index contributed by atoms with van der Waals surface area (Å²) >= 11 is 0. The Labute approximate surface area is 46.9 Å². The van der Waals surface area contributed by atoms with E-state index in [1.165, 1.54) is 6.08 Å². The van der Waals surface area contributed by atoms with Crippen molar-refractivity contribution in [3.63, 3.8) is 0 Å². The van der Waals surface area contributed by atoms with Crippen LogP contribution < -0.4 is 0 Å². The third-order valence-corrected chi connectivity index (χ3v) is 0.470. The lowest BCUT2D eigenvalue weighted by atomic mass is 10.4.